The number of hydrogen-bond acceptors (Lipinski definition) is 5. The van der Waals surface area contributed by atoms with Gasteiger partial charge in [0.05, 0.1) is 0 Å². The largest absolute Gasteiger partial charge is 0.352 e. The molecule has 1 aromatic carbocycles. The molecule has 124 valence electrons. The van der Waals surface area contributed by atoms with Crippen LogP contribution in [0.5, 0.6) is 0 Å². The summed E-state index contributed by atoms with van der Waals surface area (Å²) in [6.45, 7) is 2.04. The maximum atomic E-state index is 13.7. The van der Waals surface area contributed by atoms with E-state index in [4.69, 9.17) is 0 Å². The summed E-state index contributed by atoms with van der Waals surface area (Å²) in [5.41, 5.74) is 0.911. The van der Waals surface area contributed by atoms with Crippen LogP contribution in [0, 0.1) is 5.82 Å². The molecular formula is C16H17FN6O. The van der Waals surface area contributed by atoms with Crippen LogP contribution in [0.1, 0.15) is 12.0 Å². The summed E-state index contributed by atoms with van der Waals surface area (Å²) in [6.07, 6.45) is 4.11. The molecule has 1 fully saturated rings. The van der Waals surface area contributed by atoms with Crippen molar-refractivity contribution in [2.45, 2.75) is 19.0 Å². The van der Waals surface area contributed by atoms with Crippen molar-refractivity contribution in [3.8, 4) is 0 Å². The van der Waals surface area contributed by atoms with Gasteiger partial charge in [-0.25, -0.2) is 23.7 Å². The molecule has 7 nitrogen and oxygen atoms in total. The normalized spacial score (nSPS) is 17.7. The molecule has 0 bridgehead atoms. The molecule has 0 unspecified atom stereocenters. The number of aromatic nitrogens is 4. The molecular weight excluding hydrogens is 311 g/mol. The van der Waals surface area contributed by atoms with Crippen molar-refractivity contribution < 1.29 is 4.39 Å². The van der Waals surface area contributed by atoms with E-state index in [1.807, 2.05) is 6.07 Å². The number of aromatic amines is 1. The molecule has 0 aliphatic carbocycles. The van der Waals surface area contributed by atoms with E-state index < -0.39 is 0 Å². The second-order valence-electron chi connectivity index (χ2n) is 5.88. The summed E-state index contributed by atoms with van der Waals surface area (Å²) in [7, 11) is 0. The van der Waals surface area contributed by atoms with Gasteiger partial charge in [0, 0.05) is 43.6 Å². The van der Waals surface area contributed by atoms with Crippen LogP contribution >= 0.6 is 0 Å². The van der Waals surface area contributed by atoms with Crippen LogP contribution in [-0.4, -0.2) is 38.7 Å². The first kappa shape index (κ1) is 14.8. The fourth-order valence-electron chi connectivity index (χ4n) is 3.07. The van der Waals surface area contributed by atoms with Gasteiger partial charge in [0.2, 0.25) is 5.65 Å². The van der Waals surface area contributed by atoms with E-state index in [9.17, 15) is 9.18 Å². The van der Waals surface area contributed by atoms with E-state index in [1.54, 1.807) is 24.5 Å². The Labute approximate surface area is 137 Å². The molecule has 24 heavy (non-hydrogen) atoms. The third kappa shape index (κ3) is 2.65. The lowest BCUT2D eigenvalue weighted by atomic mass is 10.2. The molecule has 2 aromatic heterocycles. The Kier molecular flexibility index (Phi) is 3.73. The highest BCUT2D eigenvalue weighted by Gasteiger charge is 2.25. The summed E-state index contributed by atoms with van der Waals surface area (Å²) in [6, 6.07) is 7.01. The van der Waals surface area contributed by atoms with Gasteiger partial charge in [0.1, 0.15) is 5.82 Å². The molecule has 0 amide bonds. The summed E-state index contributed by atoms with van der Waals surface area (Å²) >= 11 is 0. The van der Waals surface area contributed by atoms with Crippen molar-refractivity contribution in [1.29, 1.82) is 0 Å². The van der Waals surface area contributed by atoms with Crippen molar-refractivity contribution in [2.75, 3.05) is 18.0 Å². The number of hydrogen-bond donors (Lipinski definition) is 2. The van der Waals surface area contributed by atoms with E-state index >= 15 is 0 Å². The standard InChI is InChI=1S/C16H17FN6O/c17-13-4-2-1-3-11(13)9-19-12-5-7-22(10-12)14-15-20-21-16(24)23(15)8-6-18-14/h1-4,6,8,12,19H,5,7,9-10H2,(H,21,24)/t12-/m1/s1. The van der Waals surface area contributed by atoms with E-state index in [-0.39, 0.29) is 17.5 Å². The topological polar surface area (TPSA) is 78.3 Å². The number of rotatable bonds is 4. The predicted molar refractivity (Wildman–Crippen MR) is 87.5 cm³/mol. The van der Waals surface area contributed by atoms with Crippen molar-refractivity contribution in [3.63, 3.8) is 0 Å². The van der Waals surface area contributed by atoms with E-state index in [0.717, 1.165) is 19.5 Å². The number of halogens is 1. The molecule has 0 saturated carbocycles. The zero-order valence-corrected chi connectivity index (χ0v) is 12.9. The lowest BCUT2D eigenvalue weighted by molar-refractivity contribution is 0.529. The average molecular weight is 328 g/mol. The first-order valence-electron chi connectivity index (χ1n) is 7.86. The molecule has 3 heterocycles. The van der Waals surface area contributed by atoms with Crippen LogP contribution in [0.25, 0.3) is 5.65 Å². The van der Waals surface area contributed by atoms with Gasteiger partial charge in [-0.2, -0.15) is 0 Å². The lowest BCUT2D eigenvalue weighted by Gasteiger charge is -2.18. The number of H-pyrrole nitrogens is 1. The van der Waals surface area contributed by atoms with Crippen LogP contribution in [0.3, 0.4) is 0 Å². The molecule has 1 aliphatic rings. The van der Waals surface area contributed by atoms with Crippen molar-refractivity contribution in [1.82, 2.24) is 24.9 Å². The summed E-state index contributed by atoms with van der Waals surface area (Å²) in [4.78, 5) is 18.1. The number of nitrogens with one attached hydrogen (secondary N) is 2. The van der Waals surface area contributed by atoms with Crippen LogP contribution in [0.15, 0.2) is 41.5 Å². The van der Waals surface area contributed by atoms with Gasteiger partial charge in [0.25, 0.3) is 0 Å². The van der Waals surface area contributed by atoms with Crippen LogP contribution in [-0.2, 0) is 6.54 Å². The maximum absolute atomic E-state index is 13.7. The molecule has 4 rings (SSSR count). The Balaban J connectivity index is 1.46. The molecule has 0 radical (unpaired) electrons. The van der Waals surface area contributed by atoms with Gasteiger partial charge in [0.15, 0.2) is 5.82 Å². The van der Waals surface area contributed by atoms with Crippen LogP contribution < -0.4 is 15.9 Å². The number of fused-ring (bicyclic) bond motifs is 1. The van der Waals surface area contributed by atoms with Gasteiger partial charge in [-0.1, -0.05) is 18.2 Å². The fourth-order valence-corrected chi connectivity index (χ4v) is 3.07. The minimum atomic E-state index is -0.276. The van der Waals surface area contributed by atoms with Gasteiger partial charge >= 0.3 is 5.69 Å². The SMILES string of the molecule is O=c1[nH]nc2c(N3CC[C@@H](NCc4ccccc4F)C3)nccn12. The van der Waals surface area contributed by atoms with Crippen LogP contribution in [0.2, 0.25) is 0 Å². The summed E-state index contributed by atoms with van der Waals surface area (Å²) < 4.78 is 15.1. The zero-order chi connectivity index (χ0) is 16.5. The molecule has 3 aromatic rings. The Bertz CT molecular complexity index is 920. The molecule has 1 atom stereocenters. The predicted octanol–water partition coefficient (Wildman–Crippen LogP) is 0.925. The highest BCUT2D eigenvalue weighted by Crippen LogP contribution is 2.21. The highest BCUT2D eigenvalue weighted by atomic mass is 19.1. The number of anilines is 1. The average Bonchev–Trinajstić information content (AvgIpc) is 3.21. The Hall–Kier alpha value is -2.74. The molecule has 1 aliphatic heterocycles. The minimum absolute atomic E-state index is 0.192. The monoisotopic (exact) mass is 328 g/mol. The third-order valence-corrected chi connectivity index (χ3v) is 4.34. The maximum Gasteiger partial charge on any atom is 0.347 e. The highest BCUT2D eigenvalue weighted by molar-refractivity contribution is 5.63. The van der Waals surface area contributed by atoms with Crippen molar-refractivity contribution in [3.05, 3.63) is 58.5 Å². The molecule has 0 spiro atoms. The number of benzene rings is 1. The summed E-state index contributed by atoms with van der Waals surface area (Å²) in [5, 5.41) is 9.87. The molecule has 8 heteroatoms. The van der Waals surface area contributed by atoms with Gasteiger partial charge < -0.3 is 10.2 Å². The third-order valence-electron chi connectivity index (χ3n) is 4.34. The second kappa shape index (κ2) is 6.04. The lowest BCUT2D eigenvalue weighted by Crippen LogP contribution is -2.32. The smallest absolute Gasteiger partial charge is 0.347 e. The van der Waals surface area contributed by atoms with Crippen molar-refractivity contribution >= 4 is 11.5 Å². The Morgan fingerprint density at radius 3 is 3.12 bits per heavy atom. The Morgan fingerprint density at radius 2 is 2.25 bits per heavy atom. The molecule has 2 N–H and O–H groups in total. The zero-order valence-electron chi connectivity index (χ0n) is 12.9. The first-order valence-corrected chi connectivity index (χ1v) is 7.86. The van der Waals surface area contributed by atoms with Crippen LogP contribution in [0.4, 0.5) is 10.2 Å². The molecule has 1 saturated heterocycles. The fraction of sp³-hybridized carbons (Fsp3) is 0.312. The minimum Gasteiger partial charge on any atom is -0.352 e. The van der Waals surface area contributed by atoms with Gasteiger partial charge in [-0.3, -0.25) is 0 Å². The van der Waals surface area contributed by atoms with E-state index in [0.29, 0.717) is 23.6 Å². The van der Waals surface area contributed by atoms with Crippen molar-refractivity contribution in [2.24, 2.45) is 0 Å². The van der Waals surface area contributed by atoms with E-state index in [2.05, 4.69) is 25.4 Å². The van der Waals surface area contributed by atoms with Gasteiger partial charge in [-0.15, -0.1) is 5.10 Å². The van der Waals surface area contributed by atoms with Gasteiger partial charge in [-0.05, 0) is 12.5 Å². The quantitative estimate of drug-likeness (QED) is 0.745. The number of nitrogens with zero attached hydrogens (tertiary/aromatic N) is 4. The Morgan fingerprint density at radius 1 is 1.38 bits per heavy atom. The summed E-state index contributed by atoms with van der Waals surface area (Å²) in [5.74, 6) is 0.494. The first-order chi connectivity index (χ1) is 11.7. The second-order valence-corrected chi connectivity index (χ2v) is 5.88. The van der Waals surface area contributed by atoms with E-state index in [1.165, 1.54) is 10.5 Å².